The Bertz CT molecular complexity index is 780. The van der Waals surface area contributed by atoms with Crippen molar-refractivity contribution in [3.05, 3.63) is 35.6 Å². The van der Waals surface area contributed by atoms with Gasteiger partial charge in [-0.1, -0.05) is 12.1 Å². The number of carbonyl (C=O) groups excluding carboxylic acids is 1. The minimum atomic E-state index is -5.08. The van der Waals surface area contributed by atoms with E-state index in [1.54, 1.807) is 26.2 Å². The van der Waals surface area contributed by atoms with Gasteiger partial charge in [-0.05, 0) is 30.5 Å². The van der Waals surface area contributed by atoms with Crippen LogP contribution < -0.4 is 0 Å². The molecule has 180 valence electrons. The van der Waals surface area contributed by atoms with Crippen molar-refractivity contribution in [2.45, 2.75) is 43.7 Å². The van der Waals surface area contributed by atoms with Crippen LogP contribution in [0.25, 0.3) is 0 Å². The first kappa shape index (κ1) is 26.0. The summed E-state index contributed by atoms with van der Waals surface area (Å²) in [5, 5.41) is 7.12. The first-order valence-electron chi connectivity index (χ1n) is 10.1. The second-order valence-electron chi connectivity index (χ2n) is 8.13. The molecule has 1 aromatic carbocycles. The second kappa shape index (κ2) is 11.1. The number of carboxylic acid groups (broad SMARTS) is 1. The number of likely N-dealkylation sites (tertiary alicyclic amines) is 1. The number of ether oxygens (including phenoxy) is 2. The van der Waals surface area contributed by atoms with Crippen LogP contribution in [0.3, 0.4) is 0 Å². The van der Waals surface area contributed by atoms with Crippen LogP contribution in [0.5, 0.6) is 0 Å². The maximum Gasteiger partial charge on any atom is 0.490 e. The van der Waals surface area contributed by atoms with Crippen molar-refractivity contribution in [1.29, 1.82) is 0 Å². The zero-order chi connectivity index (χ0) is 23.9. The van der Waals surface area contributed by atoms with Crippen LogP contribution in [-0.2, 0) is 25.6 Å². The molecular weight excluding hydrogens is 436 g/mol. The number of carboxylic acids is 1. The lowest BCUT2D eigenvalue weighted by Gasteiger charge is -2.38. The number of hydrogen-bond donors (Lipinski definition) is 1. The van der Waals surface area contributed by atoms with Crippen molar-refractivity contribution < 1.29 is 41.7 Å². The molecule has 1 aromatic rings. The maximum absolute atomic E-state index is 13.3. The van der Waals surface area contributed by atoms with E-state index in [0.717, 1.165) is 44.5 Å². The number of benzene rings is 1. The van der Waals surface area contributed by atoms with E-state index in [0.29, 0.717) is 6.61 Å². The maximum atomic E-state index is 13.3. The summed E-state index contributed by atoms with van der Waals surface area (Å²) in [7, 11) is 3.46. The van der Waals surface area contributed by atoms with Crippen molar-refractivity contribution in [2.75, 3.05) is 40.4 Å². The Morgan fingerprint density at radius 1 is 1.28 bits per heavy atom. The molecule has 1 N–H and O–H groups in total. The molecule has 3 rings (SSSR count). The first-order valence-corrected chi connectivity index (χ1v) is 10.1. The molecule has 32 heavy (non-hydrogen) atoms. The summed E-state index contributed by atoms with van der Waals surface area (Å²) in [6, 6.07) is 6.79. The quantitative estimate of drug-likeness (QED) is 0.676. The van der Waals surface area contributed by atoms with E-state index in [1.807, 2.05) is 6.07 Å². The van der Waals surface area contributed by atoms with Gasteiger partial charge in [-0.3, -0.25) is 9.69 Å². The lowest BCUT2D eigenvalue weighted by Crippen LogP contribution is -2.44. The number of aliphatic carboxylic acids is 1. The molecule has 0 radical (unpaired) electrons. The standard InChI is InChI=1S/C19H27FN2O3.C2HF3O2/c1-21(2)18(23)14-24-17-11-19(25-13-17)6-8-22(9-7-19)12-15-4-3-5-16(20)10-15;3-2(4,5)1(6)7/h3-5,10,17H,6-9,11-14H2,1-2H3;(H,6,7). The summed E-state index contributed by atoms with van der Waals surface area (Å²) >= 11 is 0. The van der Waals surface area contributed by atoms with Gasteiger partial charge in [0.05, 0.1) is 18.3 Å². The molecule has 0 saturated carbocycles. The first-order chi connectivity index (χ1) is 14.9. The SMILES string of the molecule is CN(C)C(=O)COC1COC2(CCN(Cc3cccc(F)c3)CC2)C1.O=C(O)C(F)(F)F. The highest BCUT2D eigenvalue weighted by Crippen LogP contribution is 2.37. The van der Waals surface area contributed by atoms with E-state index in [1.165, 1.54) is 11.0 Å². The zero-order valence-corrected chi connectivity index (χ0v) is 18.0. The molecule has 7 nitrogen and oxygen atoms in total. The van der Waals surface area contributed by atoms with E-state index < -0.39 is 12.1 Å². The Labute approximate surface area is 183 Å². The van der Waals surface area contributed by atoms with Gasteiger partial charge in [0.1, 0.15) is 12.4 Å². The predicted octanol–water partition coefficient (Wildman–Crippen LogP) is 2.69. The van der Waals surface area contributed by atoms with E-state index in [-0.39, 0.29) is 30.0 Å². The molecule has 1 atom stereocenters. The van der Waals surface area contributed by atoms with E-state index in [9.17, 15) is 22.4 Å². The number of alkyl halides is 3. The summed E-state index contributed by atoms with van der Waals surface area (Å²) < 4.78 is 56.8. The molecule has 11 heteroatoms. The molecule has 1 amide bonds. The highest BCUT2D eigenvalue weighted by atomic mass is 19.4. The van der Waals surface area contributed by atoms with E-state index in [4.69, 9.17) is 19.4 Å². The topological polar surface area (TPSA) is 79.3 Å². The second-order valence-corrected chi connectivity index (χ2v) is 8.13. The molecule has 2 heterocycles. The van der Waals surface area contributed by atoms with Crippen molar-refractivity contribution in [3.63, 3.8) is 0 Å². The van der Waals surface area contributed by atoms with Gasteiger partial charge in [-0.2, -0.15) is 13.2 Å². The van der Waals surface area contributed by atoms with Gasteiger partial charge in [-0.15, -0.1) is 0 Å². The van der Waals surface area contributed by atoms with Gasteiger partial charge in [0.2, 0.25) is 5.91 Å². The van der Waals surface area contributed by atoms with Crippen LogP contribution in [0.4, 0.5) is 17.6 Å². The minimum Gasteiger partial charge on any atom is -0.475 e. The smallest absolute Gasteiger partial charge is 0.475 e. The number of halogens is 4. The third-order valence-electron chi connectivity index (χ3n) is 5.42. The number of rotatable bonds is 5. The third-order valence-corrected chi connectivity index (χ3v) is 5.42. The van der Waals surface area contributed by atoms with Gasteiger partial charge >= 0.3 is 12.1 Å². The predicted molar refractivity (Wildman–Crippen MR) is 106 cm³/mol. The number of likely N-dealkylation sites (N-methyl/N-ethyl adjacent to an activating group) is 1. The van der Waals surface area contributed by atoms with Crippen molar-refractivity contribution >= 4 is 11.9 Å². The van der Waals surface area contributed by atoms with Crippen molar-refractivity contribution in [3.8, 4) is 0 Å². The Morgan fingerprint density at radius 2 is 1.91 bits per heavy atom. The van der Waals surface area contributed by atoms with Crippen molar-refractivity contribution in [2.24, 2.45) is 0 Å². The Balaban J connectivity index is 0.000000451. The number of hydrogen-bond acceptors (Lipinski definition) is 5. The van der Waals surface area contributed by atoms with Gasteiger partial charge < -0.3 is 19.5 Å². The normalized spacial score (nSPS) is 20.5. The lowest BCUT2D eigenvalue weighted by molar-refractivity contribution is -0.192. The monoisotopic (exact) mass is 464 g/mol. The van der Waals surface area contributed by atoms with Crippen LogP contribution in [0.2, 0.25) is 0 Å². The molecule has 0 aliphatic carbocycles. The highest BCUT2D eigenvalue weighted by molar-refractivity contribution is 5.76. The van der Waals surface area contributed by atoms with Gasteiger partial charge in [-0.25, -0.2) is 9.18 Å². The van der Waals surface area contributed by atoms with Crippen LogP contribution in [0.15, 0.2) is 24.3 Å². The van der Waals surface area contributed by atoms with Gasteiger partial charge in [0, 0.05) is 40.2 Å². The van der Waals surface area contributed by atoms with Crippen LogP contribution in [0, 0.1) is 5.82 Å². The Kier molecular flexibility index (Phi) is 8.99. The summed E-state index contributed by atoms with van der Waals surface area (Å²) in [5.41, 5.74) is 0.885. The lowest BCUT2D eigenvalue weighted by atomic mass is 9.88. The molecule has 2 saturated heterocycles. The molecule has 2 fully saturated rings. The largest absolute Gasteiger partial charge is 0.490 e. The molecular formula is C21H28F4N2O5. The summed E-state index contributed by atoms with van der Waals surface area (Å²) in [6.07, 6.45) is -2.34. The molecule has 1 unspecified atom stereocenters. The Morgan fingerprint density at radius 3 is 2.44 bits per heavy atom. The average Bonchev–Trinajstić information content (AvgIpc) is 3.10. The van der Waals surface area contributed by atoms with E-state index in [2.05, 4.69) is 4.90 Å². The fraction of sp³-hybridized carbons (Fsp3) is 0.619. The van der Waals surface area contributed by atoms with Crippen LogP contribution in [-0.4, -0.2) is 85.1 Å². The molecule has 1 spiro atoms. The number of nitrogens with zero attached hydrogens (tertiary/aromatic N) is 2. The Hall–Kier alpha value is -2.24. The van der Waals surface area contributed by atoms with Crippen LogP contribution in [0.1, 0.15) is 24.8 Å². The number of amides is 1. The molecule has 2 aliphatic rings. The molecule has 0 aromatic heterocycles. The molecule has 0 bridgehead atoms. The van der Waals surface area contributed by atoms with E-state index >= 15 is 0 Å². The van der Waals surface area contributed by atoms with Gasteiger partial charge in [0.15, 0.2) is 0 Å². The highest BCUT2D eigenvalue weighted by Gasteiger charge is 2.43. The third kappa shape index (κ3) is 8.03. The summed E-state index contributed by atoms with van der Waals surface area (Å²) in [5.74, 6) is -2.96. The average molecular weight is 464 g/mol. The molecule has 2 aliphatic heterocycles. The van der Waals surface area contributed by atoms with Gasteiger partial charge in [0.25, 0.3) is 0 Å². The summed E-state index contributed by atoms with van der Waals surface area (Å²) in [6.45, 7) is 3.30. The fourth-order valence-corrected chi connectivity index (χ4v) is 3.59. The number of piperidine rings is 1. The fourth-order valence-electron chi connectivity index (χ4n) is 3.59. The van der Waals surface area contributed by atoms with Crippen LogP contribution >= 0.6 is 0 Å². The number of carbonyl (C=O) groups is 2. The zero-order valence-electron chi connectivity index (χ0n) is 18.0. The minimum absolute atomic E-state index is 0.00123. The summed E-state index contributed by atoms with van der Waals surface area (Å²) in [4.78, 5) is 24.4. The van der Waals surface area contributed by atoms with Crippen molar-refractivity contribution in [1.82, 2.24) is 9.80 Å².